The number of nitrogens with zero attached hydrogens (tertiary/aromatic N) is 1. The van der Waals surface area contributed by atoms with Gasteiger partial charge in [0.25, 0.3) is 0 Å². The molecule has 0 aliphatic carbocycles. The van der Waals surface area contributed by atoms with Gasteiger partial charge >= 0.3 is 12.1 Å². The molecular weight excluding hydrogens is 225 g/mol. The van der Waals surface area contributed by atoms with E-state index in [0.717, 1.165) is 6.54 Å². The minimum Gasteiger partial charge on any atom is -0.392 e. The molecule has 0 aromatic heterocycles. The van der Waals surface area contributed by atoms with Gasteiger partial charge in [-0.05, 0) is 19.4 Å². The Morgan fingerprint density at radius 2 is 2.19 bits per heavy atom. The van der Waals surface area contributed by atoms with Crippen LogP contribution < -0.4 is 5.32 Å². The molecule has 0 saturated carbocycles. The van der Waals surface area contributed by atoms with E-state index in [1.165, 1.54) is 0 Å². The van der Waals surface area contributed by atoms with E-state index in [2.05, 4.69) is 0 Å². The first-order chi connectivity index (χ1) is 7.39. The number of hydrogen-bond acceptors (Lipinski definition) is 3. The number of rotatable bonds is 4. The van der Waals surface area contributed by atoms with Crippen LogP contribution >= 0.6 is 0 Å². The highest BCUT2D eigenvalue weighted by molar-refractivity contribution is 5.81. The Kier molecular flexibility index (Phi) is 4.55. The molecule has 0 radical (unpaired) electrons. The summed E-state index contributed by atoms with van der Waals surface area (Å²) in [6, 6.07) is 0. The largest absolute Gasteiger partial charge is 0.471 e. The number of β-amino-alcohol motifs (C(OH)–C–C–N with tert-alkyl or cyclic N) is 1. The number of halogens is 3. The molecule has 7 heteroatoms. The highest BCUT2D eigenvalue weighted by Gasteiger charge is 2.38. The monoisotopic (exact) mass is 240 g/mol. The molecule has 94 valence electrons. The van der Waals surface area contributed by atoms with Crippen molar-refractivity contribution in [1.29, 1.82) is 0 Å². The number of carbonyl (C=O) groups is 1. The Balaban J connectivity index is 2.06. The maximum absolute atomic E-state index is 11.8. The van der Waals surface area contributed by atoms with Gasteiger partial charge in [-0.25, -0.2) is 0 Å². The lowest BCUT2D eigenvalue weighted by Gasteiger charge is -2.14. The molecule has 16 heavy (non-hydrogen) atoms. The van der Waals surface area contributed by atoms with Gasteiger partial charge in [-0.1, -0.05) is 0 Å². The van der Waals surface area contributed by atoms with Gasteiger partial charge in [0.2, 0.25) is 0 Å². The summed E-state index contributed by atoms with van der Waals surface area (Å²) in [5.41, 5.74) is 0. The summed E-state index contributed by atoms with van der Waals surface area (Å²) in [4.78, 5) is 12.4. The van der Waals surface area contributed by atoms with E-state index in [9.17, 15) is 23.1 Å². The zero-order valence-electron chi connectivity index (χ0n) is 8.76. The number of amides is 1. The van der Waals surface area contributed by atoms with Crippen molar-refractivity contribution in [3.05, 3.63) is 0 Å². The van der Waals surface area contributed by atoms with E-state index < -0.39 is 12.1 Å². The molecule has 1 fully saturated rings. The predicted molar refractivity (Wildman–Crippen MR) is 50.7 cm³/mol. The molecule has 1 heterocycles. The number of aliphatic hydroxyl groups is 1. The van der Waals surface area contributed by atoms with Crippen molar-refractivity contribution in [2.75, 3.05) is 26.2 Å². The third kappa shape index (κ3) is 4.36. The summed E-state index contributed by atoms with van der Waals surface area (Å²) in [5, 5.41) is 11.0. The van der Waals surface area contributed by atoms with Crippen molar-refractivity contribution >= 4 is 5.91 Å². The molecule has 1 amide bonds. The summed E-state index contributed by atoms with van der Waals surface area (Å²) in [7, 11) is 0. The summed E-state index contributed by atoms with van der Waals surface area (Å²) < 4.78 is 35.3. The van der Waals surface area contributed by atoms with Gasteiger partial charge in [0.1, 0.15) is 0 Å². The van der Waals surface area contributed by atoms with Crippen molar-refractivity contribution in [2.45, 2.75) is 25.1 Å². The maximum Gasteiger partial charge on any atom is 0.471 e. The molecular formula is C9H15F3N2O2. The second-order valence-electron chi connectivity index (χ2n) is 3.85. The maximum atomic E-state index is 11.8. The molecule has 0 aromatic rings. The minimum absolute atomic E-state index is 0.00490. The lowest BCUT2D eigenvalue weighted by atomic mass is 10.3. The van der Waals surface area contributed by atoms with Gasteiger partial charge in [0.15, 0.2) is 0 Å². The van der Waals surface area contributed by atoms with E-state index in [1.807, 2.05) is 4.90 Å². The van der Waals surface area contributed by atoms with Crippen molar-refractivity contribution < 1.29 is 23.1 Å². The Hall–Kier alpha value is -0.820. The number of hydrogen-bond donors (Lipinski definition) is 2. The molecule has 0 bridgehead atoms. The van der Waals surface area contributed by atoms with E-state index >= 15 is 0 Å². The Labute approximate surface area is 91.4 Å². The van der Waals surface area contributed by atoms with Crippen molar-refractivity contribution in [3.8, 4) is 0 Å². The molecule has 1 aliphatic rings. The van der Waals surface area contributed by atoms with Crippen molar-refractivity contribution in [2.24, 2.45) is 0 Å². The summed E-state index contributed by atoms with van der Waals surface area (Å²) in [6.07, 6.45) is -3.97. The fourth-order valence-corrected chi connectivity index (χ4v) is 1.62. The summed E-state index contributed by atoms with van der Waals surface area (Å²) in [6.45, 7) is 1.92. The van der Waals surface area contributed by atoms with E-state index in [0.29, 0.717) is 25.9 Å². The van der Waals surface area contributed by atoms with Gasteiger partial charge in [-0.15, -0.1) is 0 Å². The number of nitrogens with one attached hydrogen (secondary N) is 1. The van der Waals surface area contributed by atoms with Crippen molar-refractivity contribution in [3.63, 3.8) is 0 Å². The van der Waals surface area contributed by atoms with E-state index in [1.54, 1.807) is 5.32 Å². The Morgan fingerprint density at radius 3 is 2.69 bits per heavy atom. The number of likely N-dealkylation sites (tertiary alicyclic amines) is 1. The molecule has 1 rings (SSSR count). The smallest absolute Gasteiger partial charge is 0.392 e. The van der Waals surface area contributed by atoms with Crippen LogP contribution in [0.2, 0.25) is 0 Å². The van der Waals surface area contributed by atoms with Crippen LogP contribution in [0, 0.1) is 0 Å². The van der Waals surface area contributed by atoms with Crippen LogP contribution in [0.3, 0.4) is 0 Å². The normalized spacial score (nSPS) is 22.4. The van der Waals surface area contributed by atoms with Gasteiger partial charge in [0.05, 0.1) is 6.10 Å². The summed E-state index contributed by atoms with van der Waals surface area (Å²) in [5.74, 6) is -1.89. The average Bonchev–Trinajstić information content (AvgIpc) is 2.57. The highest BCUT2D eigenvalue weighted by Crippen LogP contribution is 2.14. The average molecular weight is 240 g/mol. The van der Waals surface area contributed by atoms with Gasteiger partial charge in [-0.3, -0.25) is 4.79 Å². The third-order valence-electron chi connectivity index (χ3n) is 2.44. The number of alkyl halides is 3. The van der Waals surface area contributed by atoms with Gasteiger partial charge in [0, 0.05) is 19.6 Å². The zero-order chi connectivity index (χ0) is 12.2. The molecule has 1 aliphatic heterocycles. The van der Waals surface area contributed by atoms with Crippen LogP contribution in [0.5, 0.6) is 0 Å². The molecule has 0 spiro atoms. The van der Waals surface area contributed by atoms with Crippen LogP contribution in [-0.4, -0.2) is 54.4 Å². The first-order valence-electron chi connectivity index (χ1n) is 5.15. The van der Waals surface area contributed by atoms with Crippen LogP contribution in [0.25, 0.3) is 0 Å². The molecule has 0 unspecified atom stereocenters. The Morgan fingerprint density at radius 1 is 1.50 bits per heavy atom. The predicted octanol–water partition coefficient (Wildman–Crippen LogP) is 0.122. The van der Waals surface area contributed by atoms with Crippen LogP contribution in [0.4, 0.5) is 13.2 Å². The minimum atomic E-state index is -4.80. The quantitative estimate of drug-likeness (QED) is 0.686. The zero-order valence-corrected chi connectivity index (χ0v) is 8.76. The standard InChI is InChI=1S/C9H15F3N2O2/c10-9(11,12)8(16)13-3-1-4-14-5-2-7(15)6-14/h7,15H,1-6H2,(H,13,16)/t7-/m1/s1. The lowest BCUT2D eigenvalue weighted by molar-refractivity contribution is -0.173. The van der Waals surface area contributed by atoms with Crippen molar-refractivity contribution in [1.82, 2.24) is 10.2 Å². The van der Waals surface area contributed by atoms with Crippen LogP contribution in [0.1, 0.15) is 12.8 Å². The summed E-state index contributed by atoms with van der Waals surface area (Å²) >= 11 is 0. The molecule has 1 saturated heterocycles. The molecule has 4 nitrogen and oxygen atoms in total. The van der Waals surface area contributed by atoms with Crippen LogP contribution in [-0.2, 0) is 4.79 Å². The number of carbonyl (C=O) groups excluding carboxylic acids is 1. The fraction of sp³-hybridized carbons (Fsp3) is 0.889. The van der Waals surface area contributed by atoms with Crippen LogP contribution in [0.15, 0.2) is 0 Å². The molecule has 0 aromatic carbocycles. The first kappa shape index (κ1) is 13.2. The fourth-order valence-electron chi connectivity index (χ4n) is 1.62. The topological polar surface area (TPSA) is 52.6 Å². The SMILES string of the molecule is O=C(NCCCN1CC[C@@H](O)C1)C(F)(F)F. The second-order valence-corrected chi connectivity index (χ2v) is 3.85. The third-order valence-corrected chi connectivity index (χ3v) is 2.44. The molecule has 2 N–H and O–H groups in total. The highest BCUT2D eigenvalue weighted by atomic mass is 19.4. The molecule has 1 atom stereocenters. The van der Waals surface area contributed by atoms with E-state index in [4.69, 9.17) is 0 Å². The van der Waals surface area contributed by atoms with Gasteiger partial charge < -0.3 is 15.3 Å². The Bertz CT molecular complexity index is 245. The lowest BCUT2D eigenvalue weighted by Crippen LogP contribution is -2.38. The second kappa shape index (κ2) is 5.49. The number of aliphatic hydroxyl groups excluding tert-OH is 1. The van der Waals surface area contributed by atoms with E-state index in [-0.39, 0.29) is 12.6 Å². The first-order valence-corrected chi connectivity index (χ1v) is 5.15. The van der Waals surface area contributed by atoms with Gasteiger partial charge in [-0.2, -0.15) is 13.2 Å².